The Morgan fingerprint density at radius 2 is 1.05 bits per heavy atom. The maximum absolute atomic E-state index is 5.51. The summed E-state index contributed by atoms with van der Waals surface area (Å²) in [5, 5.41) is 10.4. The van der Waals surface area contributed by atoms with Gasteiger partial charge in [0.25, 0.3) is 0 Å². The van der Waals surface area contributed by atoms with Crippen molar-refractivity contribution in [2.24, 2.45) is 11.5 Å². The number of rotatable bonds is 18. The standard InChI is InChI=1S/C16H40N6/c1-2-3-8-19-11-14-22(15-12-20-9-4-6-17)16-13-21-10-5-7-18/h19-21H,2-18H2,1H3. The molecular formula is C16H40N6. The van der Waals surface area contributed by atoms with Gasteiger partial charge in [0, 0.05) is 39.3 Å². The lowest BCUT2D eigenvalue weighted by atomic mass is 10.3. The van der Waals surface area contributed by atoms with Crippen LogP contribution in [-0.4, -0.2) is 76.9 Å². The molecule has 134 valence electrons. The second-order valence-corrected chi connectivity index (χ2v) is 5.73. The number of hydrogen-bond acceptors (Lipinski definition) is 6. The molecule has 0 aromatic heterocycles. The van der Waals surface area contributed by atoms with Crippen molar-refractivity contribution in [3.8, 4) is 0 Å². The molecule has 0 rings (SSSR count). The van der Waals surface area contributed by atoms with Gasteiger partial charge >= 0.3 is 0 Å². The molecule has 0 radical (unpaired) electrons. The van der Waals surface area contributed by atoms with Crippen molar-refractivity contribution in [2.45, 2.75) is 32.6 Å². The normalized spacial score (nSPS) is 11.5. The molecule has 0 saturated heterocycles. The van der Waals surface area contributed by atoms with E-state index >= 15 is 0 Å². The fourth-order valence-corrected chi connectivity index (χ4v) is 2.18. The minimum absolute atomic E-state index is 0.767. The highest BCUT2D eigenvalue weighted by Gasteiger charge is 2.03. The Bertz CT molecular complexity index is 170. The first-order valence-corrected chi connectivity index (χ1v) is 9.09. The van der Waals surface area contributed by atoms with Crippen LogP contribution in [0.15, 0.2) is 0 Å². The zero-order valence-electron chi connectivity index (χ0n) is 14.7. The van der Waals surface area contributed by atoms with E-state index in [1.54, 1.807) is 0 Å². The molecule has 22 heavy (non-hydrogen) atoms. The minimum Gasteiger partial charge on any atom is -0.330 e. The van der Waals surface area contributed by atoms with E-state index in [2.05, 4.69) is 27.8 Å². The van der Waals surface area contributed by atoms with Gasteiger partial charge in [-0.15, -0.1) is 0 Å². The fraction of sp³-hybridized carbons (Fsp3) is 1.00. The van der Waals surface area contributed by atoms with Gasteiger partial charge in [-0.25, -0.2) is 0 Å². The fourth-order valence-electron chi connectivity index (χ4n) is 2.18. The second kappa shape index (κ2) is 18.8. The van der Waals surface area contributed by atoms with E-state index in [-0.39, 0.29) is 0 Å². The van der Waals surface area contributed by atoms with E-state index in [0.29, 0.717) is 0 Å². The molecule has 0 bridgehead atoms. The van der Waals surface area contributed by atoms with E-state index in [4.69, 9.17) is 11.5 Å². The molecule has 0 aliphatic heterocycles. The van der Waals surface area contributed by atoms with E-state index in [9.17, 15) is 0 Å². The van der Waals surface area contributed by atoms with Crippen molar-refractivity contribution in [3.05, 3.63) is 0 Å². The van der Waals surface area contributed by atoms with Crippen LogP contribution >= 0.6 is 0 Å². The van der Waals surface area contributed by atoms with Gasteiger partial charge in [0.15, 0.2) is 0 Å². The van der Waals surface area contributed by atoms with Gasteiger partial charge in [0.1, 0.15) is 0 Å². The predicted octanol–water partition coefficient (Wildman–Crippen LogP) is -0.445. The number of nitrogens with zero attached hydrogens (tertiary/aromatic N) is 1. The van der Waals surface area contributed by atoms with E-state index < -0.39 is 0 Å². The van der Waals surface area contributed by atoms with Crippen LogP contribution in [0.1, 0.15) is 32.6 Å². The van der Waals surface area contributed by atoms with E-state index in [0.717, 1.165) is 84.8 Å². The first-order chi connectivity index (χ1) is 10.8. The highest BCUT2D eigenvalue weighted by Crippen LogP contribution is 1.88. The Morgan fingerprint density at radius 3 is 1.41 bits per heavy atom. The third-order valence-corrected chi connectivity index (χ3v) is 3.64. The van der Waals surface area contributed by atoms with Crippen LogP contribution in [0.4, 0.5) is 0 Å². The third kappa shape index (κ3) is 16.1. The van der Waals surface area contributed by atoms with Crippen LogP contribution in [-0.2, 0) is 0 Å². The number of nitrogens with two attached hydrogens (primary N) is 2. The van der Waals surface area contributed by atoms with Crippen LogP contribution in [0.5, 0.6) is 0 Å². The van der Waals surface area contributed by atoms with Crippen LogP contribution < -0.4 is 27.4 Å². The first-order valence-electron chi connectivity index (χ1n) is 9.09. The van der Waals surface area contributed by atoms with Crippen molar-refractivity contribution in [1.82, 2.24) is 20.9 Å². The van der Waals surface area contributed by atoms with Gasteiger partial charge < -0.3 is 27.4 Å². The summed E-state index contributed by atoms with van der Waals surface area (Å²) in [6.07, 6.45) is 4.63. The quantitative estimate of drug-likeness (QED) is 0.220. The highest BCUT2D eigenvalue weighted by atomic mass is 15.2. The van der Waals surface area contributed by atoms with Crippen molar-refractivity contribution in [2.75, 3.05) is 72.0 Å². The van der Waals surface area contributed by atoms with Crippen molar-refractivity contribution < 1.29 is 0 Å². The molecule has 0 atom stereocenters. The molecule has 0 unspecified atom stereocenters. The lowest BCUT2D eigenvalue weighted by molar-refractivity contribution is 0.272. The summed E-state index contributed by atoms with van der Waals surface area (Å²) in [4.78, 5) is 2.52. The summed E-state index contributed by atoms with van der Waals surface area (Å²) in [5.74, 6) is 0. The average Bonchev–Trinajstić information content (AvgIpc) is 2.53. The molecule has 6 nitrogen and oxygen atoms in total. The molecular weight excluding hydrogens is 276 g/mol. The molecule has 0 aromatic rings. The van der Waals surface area contributed by atoms with Gasteiger partial charge in [0.2, 0.25) is 0 Å². The minimum atomic E-state index is 0.767. The Labute approximate surface area is 137 Å². The zero-order valence-corrected chi connectivity index (χ0v) is 14.7. The molecule has 0 amide bonds. The highest BCUT2D eigenvalue weighted by molar-refractivity contribution is 4.64. The van der Waals surface area contributed by atoms with Crippen molar-refractivity contribution in [1.29, 1.82) is 0 Å². The third-order valence-electron chi connectivity index (χ3n) is 3.64. The molecule has 0 heterocycles. The Morgan fingerprint density at radius 1 is 0.636 bits per heavy atom. The zero-order chi connectivity index (χ0) is 16.3. The molecule has 6 heteroatoms. The van der Waals surface area contributed by atoms with Gasteiger partial charge in [-0.2, -0.15) is 0 Å². The van der Waals surface area contributed by atoms with Gasteiger partial charge in [-0.05, 0) is 52.0 Å². The average molecular weight is 317 g/mol. The van der Waals surface area contributed by atoms with Gasteiger partial charge in [-0.1, -0.05) is 13.3 Å². The number of nitrogens with one attached hydrogen (secondary N) is 3. The van der Waals surface area contributed by atoms with E-state index in [1.807, 2.05) is 0 Å². The molecule has 0 saturated carbocycles. The maximum Gasteiger partial charge on any atom is 0.0108 e. The summed E-state index contributed by atoms with van der Waals surface area (Å²) in [6, 6.07) is 0. The molecule has 0 aromatic carbocycles. The number of hydrogen-bond donors (Lipinski definition) is 5. The SMILES string of the molecule is CCCCNCCN(CCNCCCN)CCNCCCN. The number of unbranched alkanes of at least 4 members (excludes halogenated alkanes) is 1. The van der Waals surface area contributed by atoms with Crippen LogP contribution in [0.3, 0.4) is 0 Å². The largest absolute Gasteiger partial charge is 0.330 e. The van der Waals surface area contributed by atoms with E-state index in [1.165, 1.54) is 12.8 Å². The topological polar surface area (TPSA) is 91.4 Å². The molecule has 0 fully saturated rings. The van der Waals surface area contributed by atoms with Crippen LogP contribution in [0, 0.1) is 0 Å². The molecule has 0 spiro atoms. The second-order valence-electron chi connectivity index (χ2n) is 5.73. The van der Waals surface area contributed by atoms with Crippen molar-refractivity contribution >= 4 is 0 Å². The summed E-state index contributed by atoms with van der Waals surface area (Å²) < 4.78 is 0. The summed E-state index contributed by atoms with van der Waals surface area (Å²) in [7, 11) is 0. The Balaban J connectivity index is 3.72. The Kier molecular flexibility index (Phi) is 18.6. The predicted molar refractivity (Wildman–Crippen MR) is 97.3 cm³/mol. The summed E-state index contributed by atoms with van der Waals surface area (Å²) >= 11 is 0. The lowest BCUT2D eigenvalue weighted by Crippen LogP contribution is -2.41. The smallest absolute Gasteiger partial charge is 0.0108 e. The Hall–Kier alpha value is -0.240. The monoisotopic (exact) mass is 316 g/mol. The van der Waals surface area contributed by atoms with Gasteiger partial charge in [0.05, 0.1) is 0 Å². The first kappa shape index (κ1) is 21.8. The molecule has 0 aliphatic rings. The van der Waals surface area contributed by atoms with Crippen LogP contribution in [0.25, 0.3) is 0 Å². The summed E-state index contributed by atoms with van der Waals surface area (Å²) in [5.41, 5.74) is 11.0. The van der Waals surface area contributed by atoms with Gasteiger partial charge in [-0.3, -0.25) is 4.90 Å². The summed E-state index contributed by atoms with van der Waals surface area (Å²) in [6.45, 7) is 13.4. The van der Waals surface area contributed by atoms with Crippen molar-refractivity contribution in [3.63, 3.8) is 0 Å². The maximum atomic E-state index is 5.51. The lowest BCUT2D eigenvalue weighted by Gasteiger charge is -2.23. The molecule has 0 aliphatic carbocycles. The van der Waals surface area contributed by atoms with Crippen LogP contribution in [0.2, 0.25) is 0 Å². The molecule has 7 N–H and O–H groups in total.